The molecule has 0 atom stereocenters. The summed E-state index contributed by atoms with van der Waals surface area (Å²) in [6, 6.07) is 0. The van der Waals surface area contributed by atoms with E-state index in [-0.39, 0.29) is 22.2 Å². The summed E-state index contributed by atoms with van der Waals surface area (Å²) in [6.45, 7) is 18.3. The fourth-order valence-electron chi connectivity index (χ4n) is 2.32. The Kier molecular flexibility index (Phi) is 5.37. The summed E-state index contributed by atoms with van der Waals surface area (Å²) in [5, 5.41) is 11.6. The highest BCUT2D eigenvalue weighted by Crippen LogP contribution is 2.39. The summed E-state index contributed by atoms with van der Waals surface area (Å²) in [5.74, 6) is 0.112. The molecule has 0 aromatic rings. The van der Waals surface area contributed by atoms with Crippen LogP contribution in [-0.2, 0) is 4.79 Å². The van der Waals surface area contributed by atoms with Crippen molar-refractivity contribution in [3.63, 3.8) is 0 Å². The minimum Gasteiger partial charge on any atom is -0.289 e. The van der Waals surface area contributed by atoms with Crippen LogP contribution in [0.4, 0.5) is 0 Å². The highest BCUT2D eigenvalue weighted by molar-refractivity contribution is 6.11. The number of carbonyl (C=O) groups excluding carboxylic acids is 1. The Morgan fingerprint density at radius 1 is 0.957 bits per heavy atom. The lowest BCUT2D eigenvalue weighted by molar-refractivity contribution is -0.119. The normalized spacial score (nSPS) is 17.0. The number of allylic oxidation sites excluding steroid dienone is 5. The van der Waals surface area contributed by atoms with E-state index in [9.17, 15) is 10.0 Å². The molecule has 1 rings (SSSR count). The molecule has 0 unspecified atom stereocenters. The predicted octanol–water partition coefficient (Wildman–Crippen LogP) is 5.28. The lowest BCUT2D eigenvalue weighted by atomic mass is 9.72. The van der Waals surface area contributed by atoms with Crippen LogP contribution >= 0.6 is 0 Å². The smallest absolute Gasteiger partial charge is 0.186 e. The van der Waals surface area contributed by atoms with Gasteiger partial charge < -0.3 is 0 Å². The molecule has 0 heterocycles. The van der Waals surface area contributed by atoms with Crippen LogP contribution in [0.3, 0.4) is 0 Å². The van der Waals surface area contributed by atoms with Crippen molar-refractivity contribution in [1.29, 1.82) is 0 Å². The number of nitrogens with zero attached hydrogens (tertiary/aromatic N) is 1. The van der Waals surface area contributed by atoms with Gasteiger partial charge in [0.15, 0.2) is 5.78 Å². The summed E-state index contributed by atoms with van der Waals surface area (Å²) in [7, 11) is 0. The predicted molar refractivity (Wildman–Crippen MR) is 96.2 cm³/mol. The first kappa shape index (κ1) is 19.7. The van der Waals surface area contributed by atoms with Crippen LogP contribution in [0.5, 0.6) is 0 Å². The third kappa shape index (κ3) is 4.57. The second kappa shape index (κ2) is 6.27. The number of hydroxylamine groups is 2. The Morgan fingerprint density at radius 3 is 1.65 bits per heavy atom. The van der Waals surface area contributed by atoms with Gasteiger partial charge >= 0.3 is 0 Å². The Morgan fingerprint density at radius 2 is 1.35 bits per heavy atom. The number of rotatable bonds is 3. The van der Waals surface area contributed by atoms with E-state index in [2.05, 4.69) is 0 Å². The number of carbonyl (C=O) groups is 1. The van der Waals surface area contributed by atoms with E-state index in [1.165, 1.54) is 5.06 Å². The number of hydrogen-bond acceptors (Lipinski definition) is 3. The molecule has 0 amide bonds. The second-order valence-corrected chi connectivity index (χ2v) is 9.08. The van der Waals surface area contributed by atoms with Gasteiger partial charge in [0.1, 0.15) is 0 Å². The Labute approximate surface area is 141 Å². The van der Waals surface area contributed by atoms with Gasteiger partial charge in [0.2, 0.25) is 0 Å². The molecule has 0 saturated heterocycles. The van der Waals surface area contributed by atoms with Crippen molar-refractivity contribution in [2.75, 3.05) is 0 Å². The fraction of sp³-hybridized carbons (Fsp3) is 0.650. The van der Waals surface area contributed by atoms with E-state index in [0.29, 0.717) is 0 Å². The molecule has 0 saturated carbocycles. The van der Waals surface area contributed by atoms with Gasteiger partial charge in [-0.2, -0.15) is 0 Å². The summed E-state index contributed by atoms with van der Waals surface area (Å²) < 4.78 is 0. The topological polar surface area (TPSA) is 40.5 Å². The lowest BCUT2D eigenvalue weighted by Gasteiger charge is -2.34. The first-order chi connectivity index (χ1) is 10.2. The fourth-order valence-corrected chi connectivity index (χ4v) is 2.32. The molecular weight excluding hydrogens is 286 g/mol. The van der Waals surface area contributed by atoms with Gasteiger partial charge in [0.25, 0.3) is 0 Å². The monoisotopic (exact) mass is 319 g/mol. The van der Waals surface area contributed by atoms with Crippen LogP contribution in [0.25, 0.3) is 0 Å². The molecule has 0 aromatic heterocycles. The minimum atomic E-state index is -0.347. The molecule has 1 N–H and O–H groups in total. The van der Waals surface area contributed by atoms with Gasteiger partial charge in [0, 0.05) is 17.3 Å². The zero-order valence-electron chi connectivity index (χ0n) is 16.2. The Bertz CT molecular complexity index is 527. The molecule has 0 aliphatic heterocycles. The van der Waals surface area contributed by atoms with Crippen molar-refractivity contribution in [2.45, 2.75) is 74.3 Å². The highest BCUT2D eigenvalue weighted by atomic mass is 16.5. The standard InChI is InChI=1S/C20H33NO2/c1-10-20(8,9)21(23)13-14-11-15(18(2,3)4)17(22)16(12-14)19(5,6)7/h11-13,23H,10H2,1-9H3. The molecule has 0 bridgehead atoms. The van der Waals surface area contributed by atoms with Crippen molar-refractivity contribution in [3.8, 4) is 0 Å². The average molecular weight is 319 g/mol. The molecule has 0 radical (unpaired) electrons. The summed E-state index contributed by atoms with van der Waals surface area (Å²) in [4.78, 5) is 12.9. The molecule has 0 spiro atoms. The van der Waals surface area contributed by atoms with E-state index in [1.54, 1.807) is 6.20 Å². The SMILES string of the molecule is CCC(C)(C)N(O)C=C1C=C(C(C)(C)C)C(=O)C(C(C)(C)C)=C1. The van der Waals surface area contributed by atoms with Gasteiger partial charge in [-0.1, -0.05) is 48.5 Å². The summed E-state index contributed by atoms with van der Waals surface area (Å²) in [5.41, 5.74) is 1.63. The Hall–Kier alpha value is -1.35. The quantitative estimate of drug-likeness (QED) is 0.720. The molecular formula is C20H33NO2. The van der Waals surface area contributed by atoms with Crippen LogP contribution in [0.15, 0.2) is 35.1 Å². The molecule has 130 valence electrons. The van der Waals surface area contributed by atoms with Crippen molar-refractivity contribution in [3.05, 3.63) is 35.1 Å². The summed E-state index contributed by atoms with van der Waals surface area (Å²) >= 11 is 0. The van der Waals surface area contributed by atoms with Crippen molar-refractivity contribution < 1.29 is 10.0 Å². The largest absolute Gasteiger partial charge is 0.289 e. The van der Waals surface area contributed by atoms with Gasteiger partial charge in [-0.15, -0.1) is 0 Å². The lowest BCUT2D eigenvalue weighted by Crippen LogP contribution is -2.37. The molecule has 23 heavy (non-hydrogen) atoms. The van der Waals surface area contributed by atoms with Crippen LogP contribution in [0.1, 0.15) is 68.7 Å². The maximum atomic E-state index is 12.9. The van der Waals surface area contributed by atoms with Crippen LogP contribution in [0, 0.1) is 10.8 Å². The van der Waals surface area contributed by atoms with Gasteiger partial charge in [-0.05, 0) is 48.8 Å². The van der Waals surface area contributed by atoms with E-state index in [1.807, 2.05) is 74.5 Å². The van der Waals surface area contributed by atoms with E-state index >= 15 is 0 Å². The highest BCUT2D eigenvalue weighted by Gasteiger charge is 2.34. The van der Waals surface area contributed by atoms with Crippen molar-refractivity contribution in [1.82, 2.24) is 5.06 Å². The van der Waals surface area contributed by atoms with Crippen molar-refractivity contribution in [2.24, 2.45) is 10.8 Å². The zero-order valence-corrected chi connectivity index (χ0v) is 16.2. The van der Waals surface area contributed by atoms with Crippen molar-refractivity contribution >= 4 is 5.78 Å². The first-order valence-electron chi connectivity index (χ1n) is 8.39. The van der Waals surface area contributed by atoms with Crippen LogP contribution in [-0.4, -0.2) is 21.6 Å². The molecule has 1 aliphatic rings. The first-order valence-corrected chi connectivity index (χ1v) is 8.39. The minimum absolute atomic E-state index is 0.112. The number of hydrogen-bond donors (Lipinski definition) is 1. The van der Waals surface area contributed by atoms with Gasteiger partial charge in [0.05, 0.1) is 5.54 Å². The maximum Gasteiger partial charge on any atom is 0.186 e. The van der Waals surface area contributed by atoms with E-state index in [4.69, 9.17) is 0 Å². The third-order valence-electron chi connectivity index (χ3n) is 4.48. The maximum absolute atomic E-state index is 12.9. The molecule has 3 heteroatoms. The molecule has 1 aliphatic carbocycles. The van der Waals surface area contributed by atoms with Gasteiger partial charge in [-0.3, -0.25) is 15.1 Å². The zero-order chi connectivity index (χ0) is 18.2. The number of ketones is 1. The molecule has 0 fully saturated rings. The molecule has 0 aromatic carbocycles. The number of Topliss-reactive ketones (excluding diaryl/α,β-unsaturated/α-hetero) is 1. The Balaban J connectivity index is 3.42. The average Bonchev–Trinajstić information content (AvgIpc) is 2.37. The second-order valence-electron chi connectivity index (χ2n) is 9.08. The third-order valence-corrected chi connectivity index (χ3v) is 4.48. The van der Waals surface area contributed by atoms with Crippen LogP contribution in [0.2, 0.25) is 0 Å². The van der Waals surface area contributed by atoms with Gasteiger partial charge in [-0.25, -0.2) is 0 Å². The van der Waals surface area contributed by atoms with E-state index in [0.717, 1.165) is 23.1 Å². The molecule has 3 nitrogen and oxygen atoms in total. The summed E-state index contributed by atoms with van der Waals surface area (Å²) in [6.07, 6.45) is 6.37. The van der Waals surface area contributed by atoms with E-state index < -0.39 is 0 Å². The van der Waals surface area contributed by atoms with Crippen LogP contribution < -0.4 is 0 Å².